The number of alkyl halides is 3. The van der Waals surface area contributed by atoms with Crippen LogP contribution in [0.1, 0.15) is 10.7 Å². The van der Waals surface area contributed by atoms with E-state index in [1.165, 1.54) is 11.3 Å². The lowest BCUT2D eigenvalue weighted by molar-refractivity contribution is -0.137. The summed E-state index contributed by atoms with van der Waals surface area (Å²) in [6.45, 7) is 0.754. The molecule has 0 spiro atoms. The molecule has 0 aliphatic heterocycles. The number of carbonyl (C=O) groups excluding carboxylic acids is 1. The Morgan fingerprint density at radius 2 is 2.24 bits per heavy atom. The van der Waals surface area contributed by atoms with Gasteiger partial charge in [-0.3, -0.25) is 4.79 Å². The normalized spacial score (nSPS) is 11.5. The van der Waals surface area contributed by atoms with Gasteiger partial charge in [0.25, 0.3) is 0 Å². The molecule has 0 saturated heterocycles. The maximum Gasteiger partial charge on any atom is 0.405 e. The first kappa shape index (κ1) is 13.9. The van der Waals surface area contributed by atoms with E-state index in [0.29, 0.717) is 6.54 Å². The van der Waals surface area contributed by atoms with Gasteiger partial charge in [0.1, 0.15) is 6.54 Å². The highest BCUT2D eigenvalue weighted by Crippen LogP contribution is 2.11. The molecule has 8 heteroatoms. The molecule has 0 unspecified atom stereocenters. The zero-order chi connectivity index (χ0) is 12.9. The van der Waals surface area contributed by atoms with Gasteiger partial charge in [-0.1, -0.05) is 0 Å². The van der Waals surface area contributed by atoms with E-state index in [2.05, 4.69) is 10.3 Å². The second kappa shape index (κ2) is 5.97. The molecule has 0 fully saturated rings. The molecule has 96 valence electrons. The highest BCUT2D eigenvalue weighted by atomic mass is 32.1. The molecule has 0 saturated carbocycles. The number of aromatic nitrogens is 1. The number of nitrogens with one attached hydrogen (secondary N) is 2. The van der Waals surface area contributed by atoms with E-state index in [1.807, 2.05) is 12.3 Å². The van der Waals surface area contributed by atoms with Crippen molar-refractivity contribution in [1.29, 1.82) is 0 Å². The third-order valence-electron chi connectivity index (χ3n) is 1.74. The molecular weight excluding hydrogens is 255 g/mol. The Bertz CT molecular complexity index is 378. The van der Waals surface area contributed by atoms with E-state index in [1.54, 1.807) is 5.32 Å². The maximum atomic E-state index is 11.8. The van der Waals surface area contributed by atoms with Gasteiger partial charge in [-0.2, -0.15) is 13.2 Å². The van der Waals surface area contributed by atoms with E-state index >= 15 is 0 Å². The molecule has 1 heterocycles. The fourth-order valence-electron chi connectivity index (χ4n) is 1.05. The Labute approximate surface area is 100 Å². The minimum atomic E-state index is -4.37. The van der Waals surface area contributed by atoms with Crippen LogP contribution in [-0.4, -0.2) is 30.2 Å². The Hall–Kier alpha value is -1.15. The van der Waals surface area contributed by atoms with Gasteiger partial charge >= 0.3 is 6.18 Å². The average Bonchev–Trinajstić information content (AvgIpc) is 2.60. The van der Waals surface area contributed by atoms with Crippen LogP contribution in [0.3, 0.4) is 0 Å². The van der Waals surface area contributed by atoms with Crippen molar-refractivity contribution in [3.05, 3.63) is 16.1 Å². The Kier molecular flexibility index (Phi) is 4.88. The fraction of sp³-hybridized carbons (Fsp3) is 0.556. The predicted octanol–water partition coefficient (Wildman–Crippen LogP) is 1.22. The summed E-state index contributed by atoms with van der Waals surface area (Å²) in [5.41, 5.74) is 0.774. The topological polar surface area (TPSA) is 54.0 Å². The lowest BCUT2D eigenvalue weighted by Crippen LogP contribution is -2.39. The van der Waals surface area contributed by atoms with E-state index in [-0.39, 0.29) is 6.54 Å². The first-order valence-electron chi connectivity index (χ1n) is 4.82. The van der Waals surface area contributed by atoms with Crippen LogP contribution in [0.5, 0.6) is 0 Å². The predicted molar refractivity (Wildman–Crippen MR) is 57.6 cm³/mol. The molecule has 0 radical (unpaired) electrons. The summed E-state index contributed by atoms with van der Waals surface area (Å²) in [4.78, 5) is 15.1. The van der Waals surface area contributed by atoms with Crippen LogP contribution in [0.2, 0.25) is 0 Å². The number of hydrogen-bond donors (Lipinski definition) is 2. The summed E-state index contributed by atoms with van der Waals surface area (Å²) in [5, 5.41) is 7.22. The van der Waals surface area contributed by atoms with Crippen molar-refractivity contribution in [2.24, 2.45) is 0 Å². The summed E-state index contributed by atoms with van der Waals surface area (Å²) < 4.78 is 35.3. The number of hydrogen-bond acceptors (Lipinski definition) is 4. The number of amides is 1. The van der Waals surface area contributed by atoms with Gasteiger partial charge in [-0.05, 0) is 6.92 Å². The van der Waals surface area contributed by atoms with E-state index in [4.69, 9.17) is 0 Å². The van der Waals surface area contributed by atoms with Gasteiger partial charge in [0, 0.05) is 11.9 Å². The maximum absolute atomic E-state index is 11.8. The second-order valence-corrected chi connectivity index (χ2v) is 4.42. The number of halogens is 3. The molecule has 0 atom stereocenters. The van der Waals surface area contributed by atoms with E-state index in [0.717, 1.165) is 10.7 Å². The molecule has 1 amide bonds. The summed E-state index contributed by atoms with van der Waals surface area (Å²) in [6, 6.07) is 0. The van der Waals surface area contributed by atoms with E-state index < -0.39 is 18.6 Å². The molecule has 4 nitrogen and oxygen atoms in total. The van der Waals surface area contributed by atoms with Crippen LogP contribution < -0.4 is 10.6 Å². The van der Waals surface area contributed by atoms with Crippen LogP contribution in [0.4, 0.5) is 13.2 Å². The molecular formula is C9H12F3N3OS. The van der Waals surface area contributed by atoms with Gasteiger partial charge in [0.2, 0.25) is 5.91 Å². The van der Waals surface area contributed by atoms with Crippen LogP contribution in [0.25, 0.3) is 0 Å². The monoisotopic (exact) mass is 267 g/mol. The second-order valence-electron chi connectivity index (χ2n) is 3.35. The Morgan fingerprint density at radius 3 is 2.76 bits per heavy atom. The fourth-order valence-corrected chi connectivity index (χ4v) is 1.67. The number of aryl methyl sites for hydroxylation is 1. The van der Waals surface area contributed by atoms with Crippen molar-refractivity contribution in [2.75, 3.05) is 13.1 Å². The first-order valence-corrected chi connectivity index (χ1v) is 5.70. The van der Waals surface area contributed by atoms with Crippen molar-refractivity contribution in [3.8, 4) is 0 Å². The number of nitrogens with zero attached hydrogens (tertiary/aromatic N) is 1. The molecule has 0 bridgehead atoms. The third kappa shape index (κ3) is 6.22. The molecule has 17 heavy (non-hydrogen) atoms. The van der Waals surface area contributed by atoms with Crippen molar-refractivity contribution in [3.63, 3.8) is 0 Å². The van der Waals surface area contributed by atoms with Gasteiger partial charge in [-0.25, -0.2) is 4.98 Å². The minimum absolute atomic E-state index is 0.160. The average molecular weight is 267 g/mol. The molecule has 0 aromatic carbocycles. The first-order chi connectivity index (χ1) is 7.87. The van der Waals surface area contributed by atoms with Crippen molar-refractivity contribution in [1.82, 2.24) is 15.6 Å². The zero-order valence-electron chi connectivity index (χ0n) is 9.10. The van der Waals surface area contributed by atoms with Crippen molar-refractivity contribution < 1.29 is 18.0 Å². The molecule has 0 aliphatic carbocycles. The quantitative estimate of drug-likeness (QED) is 0.843. The summed E-state index contributed by atoms with van der Waals surface area (Å²) in [7, 11) is 0. The lowest BCUT2D eigenvalue weighted by Gasteiger charge is -2.08. The number of rotatable bonds is 5. The van der Waals surface area contributed by atoms with Crippen LogP contribution in [0.15, 0.2) is 5.38 Å². The Morgan fingerprint density at radius 1 is 1.53 bits per heavy atom. The smallest absolute Gasteiger partial charge is 0.346 e. The largest absolute Gasteiger partial charge is 0.405 e. The van der Waals surface area contributed by atoms with Gasteiger partial charge in [0.05, 0.1) is 17.2 Å². The van der Waals surface area contributed by atoms with E-state index in [9.17, 15) is 18.0 Å². The highest BCUT2D eigenvalue weighted by Gasteiger charge is 2.27. The zero-order valence-corrected chi connectivity index (χ0v) is 9.91. The molecule has 0 aliphatic rings. The van der Waals surface area contributed by atoms with Gasteiger partial charge < -0.3 is 10.6 Å². The van der Waals surface area contributed by atoms with Crippen molar-refractivity contribution in [2.45, 2.75) is 19.6 Å². The Balaban J connectivity index is 2.16. The van der Waals surface area contributed by atoms with Crippen molar-refractivity contribution >= 4 is 17.2 Å². The SMILES string of the molecule is Cc1nc(CNCC(=O)NCC(F)(F)F)cs1. The number of carbonyl (C=O) groups is 1. The minimum Gasteiger partial charge on any atom is -0.346 e. The summed E-state index contributed by atoms with van der Waals surface area (Å²) >= 11 is 1.48. The summed E-state index contributed by atoms with van der Waals surface area (Å²) in [5.74, 6) is -0.686. The van der Waals surface area contributed by atoms with Crippen LogP contribution >= 0.6 is 11.3 Å². The highest BCUT2D eigenvalue weighted by molar-refractivity contribution is 7.09. The standard InChI is InChI=1S/C9H12F3N3OS/c1-6-15-7(4-17-6)2-13-3-8(16)14-5-9(10,11)12/h4,13H,2-3,5H2,1H3,(H,14,16). The van der Waals surface area contributed by atoms with Crippen LogP contribution in [0, 0.1) is 6.92 Å². The molecule has 1 aromatic heterocycles. The van der Waals surface area contributed by atoms with Crippen LogP contribution in [-0.2, 0) is 11.3 Å². The van der Waals surface area contributed by atoms with Gasteiger partial charge in [-0.15, -0.1) is 11.3 Å². The lowest BCUT2D eigenvalue weighted by atomic mass is 10.4. The molecule has 1 rings (SSSR count). The third-order valence-corrected chi connectivity index (χ3v) is 2.57. The molecule has 2 N–H and O–H groups in total. The summed E-state index contributed by atoms with van der Waals surface area (Å²) in [6.07, 6.45) is -4.37. The molecule has 1 aromatic rings. The van der Waals surface area contributed by atoms with Gasteiger partial charge in [0.15, 0.2) is 0 Å². The number of thiazole rings is 1.